The van der Waals surface area contributed by atoms with E-state index >= 15 is 0 Å². The molecular formula is C17H24N6O3. The Balaban J connectivity index is 1.62. The second kappa shape index (κ2) is 8.11. The van der Waals surface area contributed by atoms with Crippen LogP contribution in [0.1, 0.15) is 38.9 Å². The van der Waals surface area contributed by atoms with Crippen molar-refractivity contribution in [2.24, 2.45) is 0 Å². The summed E-state index contributed by atoms with van der Waals surface area (Å²) in [7, 11) is 0. The summed E-state index contributed by atoms with van der Waals surface area (Å²) in [6, 6.07) is 3.17. The Morgan fingerprint density at radius 2 is 2.04 bits per heavy atom. The lowest BCUT2D eigenvalue weighted by Gasteiger charge is -2.15. The Labute approximate surface area is 151 Å². The molecule has 0 aromatic carbocycles. The number of hydrogen-bond donors (Lipinski definition) is 1. The molecule has 1 aliphatic heterocycles. The molecule has 2 aromatic rings. The van der Waals surface area contributed by atoms with Crippen molar-refractivity contribution in [1.29, 1.82) is 0 Å². The second-order valence-electron chi connectivity index (χ2n) is 6.31. The molecule has 3 rings (SSSR count). The number of rotatable bonds is 7. The van der Waals surface area contributed by atoms with Crippen LogP contribution in [-0.2, 0) is 20.7 Å². The van der Waals surface area contributed by atoms with E-state index < -0.39 is 12.0 Å². The van der Waals surface area contributed by atoms with Gasteiger partial charge < -0.3 is 15.0 Å². The van der Waals surface area contributed by atoms with E-state index in [0.717, 1.165) is 18.9 Å². The van der Waals surface area contributed by atoms with Crippen molar-refractivity contribution in [1.82, 2.24) is 25.1 Å². The monoisotopic (exact) mass is 360 g/mol. The van der Waals surface area contributed by atoms with Crippen molar-refractivity contribution in [3.05, 3.63) is 18.0 Å². The molecule has 0 unspecified atom stereocenters. The van der Waals surface area contributed by atoms with Crippen molar-refractivity contribution in [3.8, 4) is 0 Å². The molecular weight excluding hydrogens is 336 g/mol. The van der Waals surface area contributed by atoms with E-state index in [1.54, 1.807) is 18.4 Å². The number of nitrogens with zero attached hydrogens (tertiary/aromatic N) is 5. The minimum absolute atomic E-state index is 0.195. The van der Waals surface area contributed by atoms with E-state index in [0.29, 0.717) is 17.9 Å². The average Bonchev–Trinajstić information content (AvgIpc) is 3.29. The van der Waals surface area contributed by atoms with Gasteiger partial charge in [-0.05, 0) is 38.8 Å². The van der Waals surface area contributed by atoms with Crippen LogP contribution in [0.5, 0.6) is 0 Å². The highest BCUT2D eigenvalue weighted by atomic mass is 16.5. The van der Waals surface area contributed by atoms with Crippen LogP contribution in [0.4, 0.5) is 5.82 Å². The van der Waals surface area contributed by atoms with Gasteiger partial charge in [-0.3, -0.25) is 4.79 Å². The molecule has 0 saturated carbocycles. The number of fused-ring (bicyclic) bond motifs is 1. The molecule has 3 heterocycles. The highest BCUT2D eigenvalue weighted by Crippen LogP contribution is 2.18. The number of aromatic nitrogens is 4. The Bertz CT molecular complexity index is 784. The Kier molecular flexibility index (Phi) is 5.65. The lowest BCUT2D eigenvalue weighted by molar-refractivity contribution is -0.146. The van der Waals surface area contributed by atoms with Crippen LogP contribution in [0.2, 0.25) is 0 Å². The van der Waals surface area contributed by atoms with Gasteiger partial charge in [0.1, 0.15) is 11.9 Å². The molecule has 1 aliphatic rings. The molecule has 2 aromatic heterocycles. The Morgan fingerprint density at radius 1 is 1.27 bits per heavy atom. The summed E-state index contributed by atoms with van der Waals surface area (Å²) in [5, 5.41) is 15.5. The SMILES string of the molecule is CCOC(=O)[C@@H](C)NC(=O)CCc1nnc2ccc(N3CCCC3)nn12. The van der Waals surface area contributed by atoms with Crippen molar-refractivity contribution in [3.63, 3.8) is 0 Å². The van der Waals surface area contributed by atoms with Gasteiger partial charge in [-0.1, -0.05) is 0 Å². The Morgan fingerprint density at radius 3 is 2.77 bits per heavy atom. The minimum atomic E-state index is -0.669. The number of carbonyl (C=O) groups is 2. The first kappa shape index (κ1) is 18.1. The van der Waals surface area contributed by atoms with Crippen LogP contribution in [0, 0.1) is 0 Å². The number of aryl methyl sites for hydroxylation is 1. The van der Waals surface area contributed by atoms with Crippen LogP contribution in [0.25, 0.3) is 5.65 Å². The summed E-state index contributed by atoms with van der Waals surface area (Å²) in [4.78, 5) is 25.9. The van der Waals surface area contributed by atoms with Crippen molar-refractivity contribution in [2.45, 2.75) is 45.6 Å². The molecule has 0 aliphatic carbocycles. The summed E-state index contributed by atoms with van der Waals surface area (Å²) in [6.07, 6.45) is 2.93. The van der Waals surface area contributed by atoms with E-state index in [2.05, 4.69) is 25.5 Å². The predicted octanol–water partition coefficient (Wildman–Crippen LogP) is 0.725. The second-order valence-corrected chi connectivity index (χ2v) is 6.31. The summed E-state index contributed by atoms with van der Waals surface area (Å²) in [5.41, 5.74) is 0.656. The van der Waals surface area contributed by atoms with Crippen LogP contribution in [-0.4, -0.2) is 57.4 Å². The molecule has 0 radical (unpaired) electrons. The van der Waals surface area contributed by atoms with Crippen molar-refractivity contribution in [2.75, 3.05) is 24.6 Å². The fourth-order valence-electron chi connectivity index (χ4n) is 2.96. The fraction of sp³-hybridized carbons (Fsp3) is 0.588. The largest absolute Gasteiger partial charge is 0.464 e. The van der Waals surface area contributed by atoms with Crippen LogP contribution in [0.3, 0.4) is 0 Å². The van der Waals surface area contributed by atoms with E-state index in [9.17, 15) is 9.59 Å². The number of hydrogen-bond acceptors (Lipinski definition) is 7. The van der Waals surface area contributed by atoms with Crippen LogP contribution in [0.15, 0.2) is 12.1 Å². The standard InChI is InChI=1S/C17H24N6O3/c1-3-26-17(25)12(2)18-16(24)9-8-14-20-19-13-6-7-15(21-23(13)14)22-10-4-5-11-22/h6-7,12H,3-5,8-11H2,1-2H3,(H,18,24)/t12-/m1/s1. The molecule has 9 nitrogen and oxygen atoms in total. The highest BCUT2D eigenvalue weighted by molar-refractivity contribution is 5.84. The normalized spacial score (nSPS) is 15.2. The minimum Gasteiger partial charge on any atom is -0.464 e. The van der Waals surface area contributed by atoms with Gasteiger partial charge in [0.25, 0.3) is 0 Å². The number of nitrogens with one attached hydrogen (secondary N) is 1. The average molecular weight is 360 g/mol. The molecule has 1 amide bonds. The smallest absolute Gasteiger partial charge is 0.328 e. The fourth-order valence-corrected chi connectivity index (χ4v) is 2.96. The van der Waals surface area contributed by atoms with Gasteiger partial charge in [0.05, 0.1) is 6.61 Å². The van der Waals surface area contributed by atoms with E-state index in [1.807, 2.05) is 12.1 Å². The maximum absolute atomic E-state index is 12.1. The highest BCUT2D eigenvalue weighted by Gasteiger charge is 2.18. The van der Waals surface area contributed by atoms with Crippen molar-refractivity contribution >= 4 is 23.3 Å². The zero-order valence-corrected chi connectivity index (χ0v) is 15.1. The first-order chi connectivity index (χ1) is 12.6. The van der Waals surface area contributed by atoms with Crippen molar-refractivity contribution < 1.29 is 14.3 Å². The maximum Gasteiger partial charge on any atom is 0.328 e. The van der Waals surface area contributed by atoms with Gasteiger partial charge in [-0.25, -0.2) is 4.79 Å². The third-order valence-electron chi connectivity index (χ3n) is 4.34. The predicted molar refractivity (Wildman–Crippen MR) is 94.8 cm³/mol. The van der Waals surface area contributed by atoms with Crippen LogP contribution < -0.4 is 10.2 Å². The summed E-state index contributed by atoms with van der Waals surface area (Å²) in [6.45, 7) is 5.63. The first-order valence-electron chi connectivity index (χ1n) is 9.00. The molecule has 140 valence electrons. The third-order valence-corrected chi connectivity index (χ3v) is 4.34. The molecule has 1 N–H and O–H groups in total. The quantitative estimate of drug-likeness (QED) is 0.726. The van der Waals surface area contributed by atoms with Gasteiger partial charge in [0.15, 0.2) is 11.5 Å². The number of esters is 1. The maximum atomic E-state index is 12.1. The lowest BCUT2D eigenvalue weighted by atomic mass is 10.2. The third kappa shape index (κ3) is 4.09. The molecule has 1 saturated heterocycles. The lowest BCUT2D eigenvalue weighted by Crippen LogP contribution is -2.39. The van der Waals surface area contributed by atoms with E-state index in [-0.39, 0.29) is 18.9 Å². The summed E-state index contributed by atoms with van der Waals surface area (Å²) >= 11 is 0. The Hall–Kier alpha value is -2.71. The first-order valence-corrected chi connectivity index (χ1v) is 9.00. The van der Waals surface area contributed by atoms with Crippen LogP contribution >= 0.6 is 0 Å². The molecule has 9 heteroatoms. The zero-order valence-electron chi connectivity index (χ0n) is 15.1. The van der Waals surface area contributed by atoms with E-state index in [1.165, 1.54) is 12.8 Å². The van der Waals surface area contributed by atoms with E-state index in [4.69, 9.17) is 4.74 Å². The number of carbonyl (C=O) groups excluding carboxylic acids is 2. The molecule has 0 bridgehead atoms. The van der Waals surface area contributed by atoms with Gasteiger partial charge in [-0.2, -0.15) is 4.52 Å². The number of anilines is 1. The molecule has 1 fully saturated rings. The molecule has 0 spiro atoms. The summed E-state index contributed by atoms with van der Waals surface area (Å²) in [5.74, 6) is 0.847. The number of ether oxygens (including phenoxy) is 1. The summed E-state index contributed by atoms with van der Waals surface area (Å²) < 4.78 is 6.57. The van der Waals surface area contributed by atoms with Gasteiger partial charge in [0.2, 0.25) is 5.91 Å². The topological polar surface area (TPSA) is 102 Å². The van der Waals surface area contributed by atoms with Gasteiger partial charge in [0, 0.05) is 25.9 Å². The molecule has 1 atom stereocenters. The number of amides is 1. The zero-order chi connectivity index (χ0) is 18.5. The van der Waals surface area contributed by atoms with Gasteiger partial charge in [-0.15, -0.1) is 15.3 Å². The molecule has 26 heavy (non-hydrogen) atoms. The van der Waals surface area contributed by atoms with Gasteiger partial charge >= 0.3 is 5.97 Å².